The zero-order valence-corrected chi connectivity index (χ0v) is 10.4. The highest BCUT2D eigenvalue weighted by molar-refractivity contribution is 5.37. The number of benzene rings is 1. The molecule has 1 aromatic rings. The van der Waals surface area contributed by atoms with E-state index in [2.05, 4.69) is 0 Å². The summed E-state index contributed by atoms with van der Waals surface area (Å²) >= 11 is 0. The molecule has 0 aliphatic heterocycles. The molecule has 6 heteroatoms. The lowest BCUT2D eigenvalue weighted by Gasteiger charge is -2.15. The SMILES string of the molecule is CN(C)CCOc1ccc(C(F)(F)F)c(CN)c1. The van der Waals surface area contributed by atoms with Gasteiger partial charge in [-0.3, -0.25) is 0 Å². The lowest BCUT2D eigenvalue weighted by atomic mass is 10.1. The van der Waals surface area contributed by atoms with Crippen molar-refractivity contribution in [3.63, 3.8) is 0 Å². The first-order valence-corrected chi connectivity index (χ1v) is 5.52. The molecule has 0 aromatic heterocycles. The second kappa shape index (κ2) is 6.06. The largest absolute Gasteiger partial charge is 0.492 e. The summed E-state index contributed by atoms with van der Waals surface area (Å²) in [5.74, 6) is 0.408. The second-order valence-electron chi connectivity index (χ2n) is 4.17. The summed E-state index contributed by atoms with van der Waals surface area (Å²) in [7, 11) is 3.78. The lowest BCUT2D eigenvalue weighted by molar-refractivity contribution is -0.138. The quantitative estimate of drug-likeness (QED) is 0.883. The standard InChI is InChI=1S/C12H17F3N2O/c1-17(2)5-6-18-10-3-4-11(12(13,14)15)9(7-10)8-16/h3-4,7H,5-6,8,16H2,1-2H3. The predicted molar refractivity (Wildman–Crippen MR) is 63.4 cm³/mol. The van der Waals surface area contributed by atoms with Crippen LogP contribution in [0.3, 0.4) is 0 Å². The number of halogens is 3. The molecular weight excluding hydrogens is 245 g/mol. The van der Waals surface area contributed by atoms with Crippen LogP contribution in [-0.2, 0) is 12.7 Å². The Morgan fingerprint density at radius 3 is 2.44 bits per heavy atom. The van der Waals surface area contributed by atoms with Gasteiger partial charge in [0.25, 0.3) is 0 Å². The van der Waals surface area contributed by atoms with E-state index < -0.39 is 11.7 Å². The van der Waals surface area contributed by atoms with Crippen molar-refractivity contribution in [3.8, 4) is 5.75 Å². The molecule has 1 rings (SSSR count). The molecule has 0 amide bonds. The van der Waals surface area contributed by atoms with Crippen molar-refractivity contribution in [2.75, 3.05) is 27.2 Å². The summed E-state index contributed by atoms with van der Waals surface area (Å²) in [5.41, 5.74) is 4.67. The number of rotatable bonds is 5. The van der Waals surface area contributed by atoms with Crippen molar-refractivity contribution in [2.24, 2.45) is 5.73 Å². The van der Waals surface area contributed by atoms with Gasteiger partial charge >= 0.3 is 6.18 Å². The predicted octanol–water partition coefficient (Wildman–Crippen LogP) is 2.10. The Bertz CT molecular complexity index is 391. The molecular formula is C12H17F3N2O. The maximum absolute atomic E-state index is 12.6. The van der Waals surface area contributed by atoms with Crippen molar-refractivity contribution < 1.29 is 17.9 Å². The fraction of sp³-hybridized carbons (Fsp3) is 0.500. The number of hydrogen-bond acceptors (Lipinski definition) is 3. The van der Waals surface area contributed by atoms with E-state index in [4.69, 9.17) is 10.5 Å². The number of ether oxygens (including phenoxy) is 1. The van der Waals surface area contributed by atoms with Crippen LogP contribution in [0.2, 0.25) is 0 Å². The first kappa shape index (κ1) is 14.8. The number of hydrogen-bond donors (Lipinski definition) is 1. The van der Waals surface area contributed by atoms with Gasteiger partial charge in [0.05, 0.1) is 5.56 Å². The van der Waals surface area contributed by atoms with Gasteiger partial charge in [-0.2, -0.15) is 13.2 Å². The van der Waals surface area contributed by atoms with Gasteiger partial charge in [-0.25, -0.2) is 0 Å². The summed E-state index contributed by atoms with van der Waals surface area (Å²) < 4.78 is 43.2. The van der Waals surface area contributed by atoms with Crippen LogP contribution in [0, 0.1) is 0 Å². The van der Waals surface area contributed by atoms with Crippen LogP contribution in [0.5, 0.6) is 5.75 Å². The van der Waals surface area contributed by atoms with E-state index in [1.54, 1.807) is 0 Å². The van der Waals surface area contributed by atoms with Crippen LogP contribution in [0.15, 0.2) is 18.2 Å². The minimum atomic E-state index is -4.38. The Balaban J connectivity index is 2.79. The second-order valence-corrected chi connectivity index (χ2v) is 4.17. The third-order valence-corrected chi connectivity index (χ3v) is 2.41. The molecule has 0 saturated heterocycles. The molecule has 2 N–H and O–H groups in total. The minimum Gasteiger partial charge on any atom is -0.492 e. The third kappa shape index (κ3) is 4.19. The van der Waals surface area contributed by atoms with Crippen LogP contribution in [0.4, 0.5) is 13.2 Å². The fourth-order valence-corrected chi connectivity index (χ4v) is 1.45. The van der Waals surface area contributed by atoms with Crippen LogP contribution >= 0.6 is 0 Å². The highest BCUT2D eigenvalue weighted by atomic mass is 19.4. The van der Waals surface area contributed by atoms with Gasteiger partial charge in [0.15, 0.2) is 0 Å². The molecule has 0 saturated carbocycles. The van der Waals surface area contributed by atoms with Gasteiger partial charge in [0, 0.05) is 13.1 Å². The molecule has 1 aromatic carbocycles. The summed E-state index contributed by atoms with van der Waals surface area (Å²) in [4.78, 5) is 1.92. The van der Waals surface area contributed by atoms with E-state index in [0.29, 0.717) is 18.9 Å². The maximum atomic E-state index is 12.6. The summed E-state index contributed by atoms with van der Waals surface area (Å²) in [6.45, 7) is 0.946. The Morgan fingerprint density at radius 2 is 1.94 bits per heavy atom. The topological polar surface area (TPSA) is 38.5 Å². The molecule has 0 unspecified atom stereocenters. The van der Waals surface area contributed by atoms with E-state index in [9.17, 15) is 13.2 Å². The maximum Gasteiger partial charge on any atom is 0.416 e. The lowest BCUT2D eigenvalue weighted by Crippen LogP contribution is -2.19. The molecule has 0 radical (unpaired) electrons. The molecule has 18 heavy (non-hydrogen) atoms. The minimum absolute atomic E-state index is 0.0462. The molecule has 0 atom stereocenters. The van der Waals surface area contributed by atoms with E-state index in [1.165, 1.54) is 12.1 Å². The number of nitrogens with two attached hydrogens (primary N) is 1. The molecule has 0 aliphatic carbocycles. The van der Waals surface area contributed by atoms with E-state index in [1.807, 2.05) is 19.0 Å². The van der Waals surface area contributed by atoms with Gasteiger partial charge in [-0.15, -0.1) is 0 Å². The highest BCUT2D eigenvalue weighted by Gasteiger charge is 2.32. The monoisotopic (exact) mass is 262 g/mol. The normalized spacial score (nSPS) is 11.9. The number of likely N-dealkylation sites (N-methyl/N-ethyl adjacent to an activating group) is 1. The van der Waals surface area contributed by atoms with Gasteiger partial charge in [0.2, 0.25) is 0 Å². The summed E-state index contributed by atoms with van der Waals surface area (Å²) in [6, 6.07) is 3.67. The Morgan fingerprint density at radius 1 is 1.28 bits per heavy atom. The smallest absolute Gasteiger partial charge is 0.416 e. The molecule has 0 aliphatic rings. The highest BCUT2D eigenvalue weighted by Crippen LogP contribution is 2.33. The molecule has 0 fully saturated rings. The molecule has 0 heterocycles. The van der Waals surface area contributed by atoms with Crippen LogP contribution in [0.25, 0.3) is 0 Å². The van der Waals surface area contributed by atoms with Gasteiger partial charge in [-0.1, -0.05) is 0 Å². The van der Waals surface area contributed by atoms with Gasteiger partial charge in [-0.05, 0) is 37.9 Å². The Labute approximate surface area is 104 Å². The van der Waals surface area contributed by atoms with Crippen LogP contribution in [0.1, 0.15) is 11.1 Å². The average molecular weight is 262 g/mol. The number of alkyl halides is 3. The summed E-state index contributed by atoms with van der Waals surface area (Å²) in [5, 5.41) is 0. The van der Waals surface area contributed by atoms with Crippen molar-refractivity contribution in [1.29, 1.82) is 0 Å². The zero-order chi connectivity index (χ0) is 13.8. The third-order valence-electron chi connectivity index (χ3n) is 2.41. The van der Waals surface area contributed by atoms with Crippen LogP contribution in [-0.4, -0.2) is 32.1 Å². The van der Waals surface area contributed by atoms with Crippen LogP contribution < -0.4 is 10.5 Å². The van der Waals surface area contributed by atoms with Crippen molar-refractivity contribution in [2.45, 2.75) is 12.7 Å². The molecule has 0 bridgehead atoms. The Hall–Kier alpha value is -1.27. The zero-order valence-electron chi connectivity index (χ0n) is 10.4. The first-order chi connectivity index (χ1) is 8.34. The van der Waals surface area contributed by atoms with Gasteiger partial charge < -0.3 is 15.4 Å². The van der Waals surface area contributed by atoms with Crippen molar-refractivity contribution in [3.05, 3.63) is 29.3 Å². The summed E-state index contributed by atoms with van der Waals surface area (Å²) in [6.07, 6.45) is -4.38. The van der Waals surface area contributed by atoms with Crippen molar-refractivity contribution in [1.82, 2.24) is 4.90 Å². The Kier molecular flexibility index (Phi) is 4.98. The molecule has 0 spiro atoms. The number of nitrogens with zero attached hydrogens (tertiary/aromatic N) is 1. The van der Waals surface area contributed by atoms with E-state index in [-0.39, 0.29) is 12.1 Å². The fourth-order valence-electron chi connectivity index (χ4n) is 1.45. The first-order valence-electron chi connectivity index (χ1n) is 5.52. The van der Waals surface area contributed by atoms with E-state index in [0.717, 1.165) is 6.07 Å². The van der Waals surface area contributed by atoms with E-state index >= 15 is 0 Å². The molecule has 102 valence electrons. The average Bonchev–Trinajstić information content (AvgIpc) is 2.26. The van der Waals surface area contributed by atoms with Crippen molar-refractivity contribution >= 4 is 0 Å². The molecule has 3 nitrogen and oxygen atoms in total. The van der Waals surface area contributed by atoms with Gasteiger partial charge in [0.1, 0.15) is 12.4 Å².